The summed E-state index contributed by atoms with van der Waals surface area (Å²) >= 11 is 0. The van der Waals surface area contributed by atoms with Crippen LogP contribution >= 0.6 is 0 Å². The van der Waals surface area contributed by atoms with Crippen molar-refractivity contribution in [2.24, 2.45) is 0 Å². The van der Waals surface area contributed by atoms with Crippen LogP contribution in [0.25, 0.3) is 0 Å². The number of benzene rings is 2. The van der Waals surface area contributed by atoms with E-state index in [1.807, 2.05) is 36.1 Å². The molecular weight excluding hydrogens is 338 g/mol. The second kappa shape index (κ2) is 7.61. The molecule has 0 bridgehead atoms. The molecule has 0 aromatic heterocycles. The summed E-state index contributed by atoms with van der Waals surface area (Å²) in [6, 6.07) is 16.3. The van der Waals surface area contributed by atoms with E-state index >= 15 is 0 Å². The molecule has 0 unspecified atom stereocenters. The standard InChI is InChI=1S/C22H27N3O2/c1-17(22(26)25-11-10-18-6-3-4-9-21(18)25)23-12-14-24(15-13-23)19-7-5-8-20(16-19)27-2/h3-9,16-17H,10-15H2,1-2H3/t17-/m0/s1. The van der Waals surface area contributed by atoms with Gasteiger partial charge in [-0.05, 0) is 37.1 Å². The number of hydrogen-bond acceptors (Lipinski definition) is 4. The second-order valence-corrected chi connectivity index (χ2v) is 7.27. The zero-order valence-electron chi connectivity index (χ0n) is 16.1. The van der Waals surface area contributed by atoms with Gasteiger partial charge in [-0.15, -0.1) is 0 Å². The smallest absolute Gasteiger partial charge is 0.244 e. The van der Waals surface area contributed by atoms with Crippen molar-refractivity contribution in [3.05, 3.63) is 54.1 Å². The van der Waals surface area contributed by atoms with E-state index in [1.54, 1.807) is 7.11 Å². The molecule has 0 spiro atoms. The summed E-state index contributed by atoms with van der Waals surface area (Å²) in [5.74, 6) is 1.10. The molecule has 4 rings (SSSR count). The van der Waals surface area contributed by atoms with E-state index in [2.05, 4.69) is 34.1 Å². The minimum Gasteiger partial charge on any atom is -0.497 e. The second-order valence-electron chi connectivity index (χ2n) is 7.27. The van der Waals surface area contributed by atoms with Crippen molar-refractivity contribution in [2.45, 2.75) is 19.4 Å². The molecule has 1 amide bonds. The highest BCUT2D eigenvalue weighted by Crippen LogP contribution is 2.29. The zero-order valence-corrected chi connectivity index (χ0v) is 16.1. The molecular formula is C22H27N3O2. The number of fused-ring (bicyclic) bond motifs is 1. The monoisotopic (exact) mass is 365 g/mol. The third kappa shape index (κ3) is 3.52. The molecule has 5 nitrogen and oxygen atoms in total. The molecule has 5 heteroatoms. The number of nitrogens with zero attached hydrogens (tertiary/aromatic N) is 3. The fourth-order valence-electron chi connectivity index (χ4n) is 4.12. The van der Waals surface area contributed by atoms with Crippen LogP contribution in [0.3, 0.4) is 0 Å². The van der Waals surface area contributed by atoms with E-state index in [1.165, 1.54) is 11.3 Å². The number of anilines is 2. The average molecular weight is 365 g/mol. The largest absolute Gasteiger partial charge is 0.497 e. The Hall–Kier alpha value is -2.53. The van der Waals surface area contributed by atoms with Crippen LogP contribution in [0.5, 0.6) is 5.75 Å². The molecule has 2 heterocycles. The summed E-state index contributed by atoms with van der Waals surface area (Å²) in [6.45, 7) is 6.46. The Morgan fingerprint density at radius 2 is 1.78 bits per heavy atom. The van der Waals surface area contributed by atoms with Crippen molar-refractivity contribution in [3.63, 3.8) is 0 Å². The number of carbonyl (C=O) groups is 1. The number of methoxy groups -OCH3 is 1. The van der Waals surface area contributed by atoms with E-state index < -0.39 is 0 Å². The first kappa shape index (κ1) is 17.9. The lowest BCUT2D eigenvalue weighted by atomic mass is 10.1. The van der Waals surface area contributed by atoms with Gasteiger partial charge in [-0.3, -0.25) is 9.69 Å². The lowest BCUT2D eigenvalue weighted by Crippen LogP contribution is -2.54. The predicted molar refractivity (Wildman–Crippen MR) is 109 cm³/mol. The number of piperazine rings is 1. The first-order valence-electron chi connectivity index (χ1n) is 9.69. The molecule has 2 aromatic carbocycles. The van der Waals surface area contributed by atoms with E-state index in [4.69, 9.17) is 4.74 Å². The van der Waals surface area contributed by atoms with Crippen LogP contribution in [0.4, 0.5) is 11.4 Å². The van der Waals surface area contributed by atoms with Gasteiger partial charge in [0.25, 0.3) is 0 Å². The van der Waals surface area contributed by atoms with Crippen LogP contribution < -0.4 is 14.5 Å². The number of rotatable bonds is 4. The summed E-state index contributed by atoms with van der Waals surface area (Å²) in [5, 5.41) is 0. The van der Waals surface area contributed by atoms with E-state index in [9.17, 15) is 4.79 Å². The molecule has 0 N–H and O–H groups in total. The van der Waals surface area contributed by atoms with Crippen LogP contribution in [0, 0.1) is 0 Å². The van der Waals surface area contributed by atoms with Crippen molar-refractivity contribution in [1.82, 2.24) is 4.90 Å². The maximum atomic E-state index is 13.1. The fraction of sp³-hybridized carbons (Fsp3) is 0.409. The van der Waals surface area contributed by atoms with Crippen molar-refractivity contribution in [1.29, 1.82) is 0 Å². The highest BCUT2D eigenvalue weighted by atomic mass is 16.5. The molecule has 2 aromatic rings. The molecule has 0 saturated carbocycles. The van der Waals surface area contributed by atoms with Gasteiger partial charge in [0.1, 0.15) is 5.75 Å². The number of carbonyl (C=O) groups excluding carboxylic acids is 1. The van der Waals surface area contributed by atoms with Crippen LogP contribution in [-0.4, -0.2) is 56.7 Å². The van der Waals surface area contributed by atoms with E-state index in [0.29, 0.717) is 0 Å². The summed E-state index contributed by atoms with van der Waals surface area (Å²) in [6.07, 6.45) is 0.957. The van der Waals surface area contributed by atoms with Gasteiger partial charge in [0.2, 0.25) is 5.91 Å². The topological polar surface area (TPSA) is 36.0 Å². The number of ether oxygens (including phenoxy) is 1. The predicted octanol–water partition coefficient (Wildman–Crippen LogP) is 2.80. The molecule has 1 atom stereocenters. The van der Waals surface area contributed by atoms with E-state index in [0.717, 1.165) is 50.6 Å². The SMILES string of the molecule is COc1cccc(N2CCN([C@@H](C)C(=O)N3CCc4ccccc43)CC2)c1. The Labute approximate surface area is 161 Å². The third-order valence-corrected chi connectivity index (χ3v) is 5.79. The first-order chi connectivity index (χ1) is 13.2. The van der Waals surface area contributed by atoms with Gasteiger partial charge in [-0.25, -0.2) is 0 Å². The fourth-order valence-corrected chi connectivity index (χ4v) is 4.12. The normalized spacial score (nSPS) is 18.3. The number of amides is 1. The van der Waals surface area contributed by atoms with Crippen LogP contribution in [-0.2, 0) is 11.2 Å². The minimum atomic E-state index is -0.0939. The summed E-state index contributed by atoms with van der Waals surface area (Å²) < 4.78 is 5.33. The Morgan fingerprint density at radius 3 is 2.56 bits per heavy atom. The van der Waals surface area contributed by atoms with Gasteiger partial charge in [0.15, 0.2) is 0 Å². The molecule has 1 fully saturated rings. The van der Waals surface area contributed by atoms with Gasteiger partial charge in [0.05, 0.1) is 13.2 Å². The molecule has 142 valence electrons. The molecule has 1 saturated heterocycles. The maximum absolute atomic E-state index is 13.1. The van der Waals surface area contributed by atoms with E-state index in [-0.39, 0.29) is 11.9 Å². The maximum Gasteiger partial charge on any atom is 0.244 e. The quantitative estimate of drug-likeness (QED) is 0.835. The van der Waals surface area contributed by atoms with Crippen molar-refractivity contribution < 1.29 is 9.53 Å². The Morgan fingerprint density at radius 1 is 1.00 bits per heavy atom. The lowest BCUT2D eigenvalue weighted by molar-refractivity contribution is -0.123. The average Bonchev–Trinajstić information content (AvgIpc) is 3.17. The van der Waals surface area contributed by atoms with Gasteiger partial charge in [-0.2, -0.15) is 0 Å². The lowest BCUT2D eigenvalue weighted by Gasteiger charge is -2.39. The van der Waals surface area contributed by atoms with Crippen molar-refractivity contribution >= 4 is 17.3 Å². The van der Waals surface area contributed by atoms with Crippen molar-refractivity contribution in [3.8, 4) is 5.75 Å². The first-order valence-corrected chi connectivity index (χ1v) is 9.69. The van der Waals surface area contributed by atoms with Crippen molar-refractivity contribution in [2.75, 3.05) is 49.6 Å². The summed E-state index contributed by atoms with van der Waals surface area (Å²) in [5.41, 5.74) is 3.55. The Bertz CT molecular complexity index is 815. The van der Waals surface area contributed by atoms with Gasteiger partial charge >= 0.3 is 0 Å². The summed E-state index contributed by atoms with van der Waals surface area (Å²) in [7, 11) is 1.70. The molecule has 2 aliphatic rings. The van der Waals surface area contributed by atoms with Crippen LogP contribution in [0.1, 0.15) is 12.5 Å². The van der Waals surface area contributed by atoms with Crippen LogP contribution in [0.2, 0.25) is 0 Å². The van der Waals surface area contributed by atoms with Gasteiger partial charge in [-0.1, -0.05) is 24.3 Å². The summed E-state index contributed by atoms with van der Waals surface area (Å²) in [4.78, 5) is 19.7. The number of para-hydroxylation sites is 1. The minimum absolute atomic E-state index is 0.0939. The highest BCUT2D eigenvalue weighted by molar-refractivity contribution is 5.98. The Kier molecular flexibility index (Phi) is 5.03. The number of hydrogen-bond donors (Lipinski definition) is 0. The Balaban J connectivity index is 1.39. The highest BCUT2D eigenvalue weighted by Gasteiger charge is 2.32. The molecule has 0 radical (unpaired) electrons. The zero-order chi connectivity index (χ0) is 18.8. The van der Waals surface area contributed by atoms with Crippen LogP contribution in [0.15, 0.2) is 48.5 Å². The molecule has 27 heavy (non-hydrogen) atoms. The van der Waals surface area contributed by atoms with Gasteiger partial charge < -0.3 is 14.5 Å². The third-order valence-electron chi connectivity index (χ3n) is 5.79. The molecule has 2 aliphatic heterocycles. The van der Waals surface area contributed by atoms with Gasteiger partial charge in [0, 0.05) is 50.2 Å². The molecule has 0 aliphatic carbocycles.